The van der Waals surface area contributed by atoms with Gasteiger partial charge in [0, 0.05) is 23.6 Å². The second-order valence-corrected chi connectivity index (χ2v) is 6.32. The predicted octanol–water partition coefficient (Wildman–Crippen LogP) is 3.75. The Morgan fingerprint density at radius 3 is 2.63 bits per heavy atom. The molecule has 0 unspecified atom stereocenters. The summed E-state index contributed by atoms with van der Waals surface area (Å²) in [6, 6.07) is 5.89. The Hall–Kier alpha value is -1.03. The van der Waals surface area contributed by atoms with Crippen LogP contribution < -0.4 is 10.6 Å². The predicted molar refractivity (Wildman–Crippen MR) is 85.0 cm³/mol. The molecule has 1 aromatic rings. The van der Waals surface area contributed by atoms with E-state index in [0.29, 0.717) is 0 Å². The number of halogens is 1. The van der Waals surface area contributed by atoms with Gasteiger partial charge in [-0.2, -0.15) is 0 Å². The molecule has 1 aliphatic rings. The zero-order valence-electron chi connectivity index (χ0n) is 11.5. The summed E-state index contributed by atoms with van der Waals surface area (Å²) < 4.78 is 1.01. The number of nitrogens with zero attached hydrogens (tertiary/aromatic N) is 1. The van der Waals surface area contributed by atoms with Gasteiger partial charge in [-0.1, -0.05) is 19.3 Å². The minimum atomic E-state index is 0.113. The lowest BCUT2D eigenvalue weighted by atomic mass is 9.89. The van der Waals surface area contributed by atoms with E-state index in [1.54, 1.807) is 0 Å². The first kappa shape index (κ1) is 14.4. The van der Waals surface area contributed by atoms with Crippen LogP contribution in [0.1, 0.15) is 37.7 Å². The molecule has 0 heterocycles. The van der Waals surface area contributed by atoms with E-state index in [4.69, 9.17) is 11.1 Å². The average Bonchev–Trinajstić information content (AvgIpc) is 2.39. The monoisotopic (exact) mass is 323 g/mol. The van der Waals surface area contributed by atoms with Gasteiger partial charge in [-0.3, -0.25) is 5.41 Å². The summed E-state index contributed by atoms with van der Waals surface area (Å²) in [5.41, 5.74) is 7.45. The molecular formula is C15H22BrN3. The second kappa shape index (κ2) is 6.42. The highest BCUT2D eigenvalue weighted by molar-refractivity contribution is 9.10. The second-order valence-electron chi connectivity index (χ2n) is 5.46. The molecule has 1 aliphatic carbocycles. The molecule has 0 atom stereocenters. The van der Waals surface area contributed by atoms with E-state index in [1.807, 2.05) is 18.2 Å². The van der Waals surface area contributed by atoms with Crippen molar-refractivity contribution in [1.82, 2.24) is 0 Å². The van der Waals surface area contributed by atoms with E-state index < -0.39 is 0 Å². The fourth-order valence-corrected chi connectivity index (χ4v) is 3.52. The fourth-order valence-electron chi connectivity index (χ4n) is 2.84. The largest absolute Gasteiger partial charge is 0.384 e. The number of nitrogen functional groups attached to an aromatic ring is 1. The van der Waals surface area contributed by atoms with Crippen LogP contribution in [0.3, 0.4) is 0 Å². The minimum Gasteiger partial charge on any atom is -0.384 e. The van der Waals surface area contributed by atoms with Gasteiger partial charge in [0.2, 0.25) is 0 Å². The van der Waals surface area contributed by atoms with Gasteiger partial charge in [0.15, 0.2) is 0 Å². The number of hydrogen-bond donors (Lipinski definition) is 2. The summed E-state index contributed by atoms with van der Waals surface area (Å²) in [6.45, 7) is 1.11. The molecule has 19 heavy (non-hydrogen) atoms. The maximum Gasteiger partial charge on any atom is 0.122 e. The average molecular weight is 324 g/mol. The lowest BCUT2D eigenvalue weighted by molar-refractivity contribution is 0.362. The van der Waals surface area contributed by atoms with Crippen LogP contribution in [0.5, 0.6) is 0 Å². The smallest absolute Gasteiger partial charge is 0.122 e. The van der Waals surface area contributed by atoms with Crippen molar-refractivity contribution in [3.05, 3.63) is 28.2 Å². The number of benzene rings is 1. The summed E-state index contributed by atoms with van der Waals surface area (Å²) in [5, 5.41) is 7.46. The lowest BCUT2D eigenvalue weighted by Crippen LogP contribution is -2.27. The lowest BCUT2D eigenvalue weighted by Gasteiger charge is -2.29. The van der Waals surface area contributed by atoms with E-state index in [-0.39, 0.29) is 5.84 Å². The molecule has 0 saturated heterocycles. The van der Waals surface area contributed by atoms with E-state index in [0.717, 1.165) is 22.5 Å². The maximum absolute atomic E-state index is 7.46. The van der Waals surface area contributed by atoms with Crippen LogP contribution in [-0.2, 0) is 0 Å². The number of anilines is 1. The van der Waals surface area contributed by atoms with Crippen molar-refractivity contribution in [2.24, 2.45) is 11.7 Å². The van der Waals surface area contributed by atoms with Crippen LogP contribution in [0, 0.1) is 11.3 Å². The van der Waals surface area contributed by atoms with Crippen LogP contribution in [-0.4, -0.2) is 19.4 Å². The maximum atomic E-state index is 7.46. The van der Waals surface area contributed by atoms with Crippen molar-refractivity contribution in [3.63, 3.8) is 0 Å². The molecule has 0 amide bonds. The molecule has 4 heteroatoms. The Kier molecular flexibility index (Phi) is 4.86. The number of nitrogens with two attached hydrogens (primary N) is 1. The Morgan fingerprint density at radius 2 is 2.05 bits per heavy atom. The van der Waals surface area contributed by atoms with Crippen molar-refractivity contribution in [2.45, 2.75) is 32.1 Å². The normalized spacial score (nSPS) is 16.3. The zero-order chi connectivity index (χ0) is 13.8. The molecule has 104 valence electrons. The number of nitrogens with one attached hydrogen (secondary N) is 1. The van der Waals surface area contributed by atoms with Gasteiger partial charge in [-0.25, -0.2) is 0 Å². The van der Waals surface area contributed by atoms with Gasteiger partial charge < -0.3 is 10.6 Å². The summed E-state index contributed by atoms with van der Waals surface area (Å²) in [6.07, 6.45) is 6.87. The van der Waals surface area contributed by atoms with Gasteiger partial charge in [-0.05, 0) is 52.9 Å². The molecule has 1 aromatic carbocycles. The van der Waals surface area contributed by atoms with Gasteiger partial charge in [0.1, 0.15) is 5.84 Å². The first-order valence-corrected chi connectivity index (χ1v) is 7.72. The summed E-state index contributed by atoms with van der Waals surface area (Å²) in [5.74, 6) is 0.931. The number of hydrogen-bond acceptors (Lipinski definition) is 2. The number of amidine groups is 1. The SMILES string of the molecule is CN(CC1CCCCC1)c1ccc(C(=N)N)cc1Br. The fraction of sp³-hybridized carbons (Fsp3) is 0.533. The molecule has 0 aliphatic heterocycles. The van der Waals surface area contributed by atoms with Crippen LogP contribution in [0.25, 0.3) is 0 Å². The van der Waals surface area contributed by atoms with Crippen molar-refractivity contribution in [3.8, 4) is 0 Å². The van der Waals surface area contributed by atoms with Crippen molar-refractivity contribution in [1.29, 1.82) is 5.41 Å². The Bertz CT molecular complexity index is 453. The highest BCUT2D eigenvalue weighted by Crippen LogP contribution is 2.30. The Labute approximate surface area is 123 Å². The quantitative estimate of drug-likeness (QED) is 0.655. The highest BCUT2D eigenvalue weighted by atomic mass is 79.9. The molecule has 0 radical (unpaired) electrons. The van der Waals surface area contributed by atoms with Crippen LogP contribution >= 0.6 is 15.9 Å². The third-order valence-electron chi connectivity index (χ3n) is 3.93. The molecule has 0 bridgehead atoms. The van der Waals surface area contributed by atoms with E-state index in [9.17, 15) is 0 Å². The number of rotatable bonds is 4. The van der Waals surface area contributed by atoms with Crippen LogP contribution in [0.2, 0.25) is 0 Å². The molecule has 3 N–H and O–H groups in total. The van der Waals surface area contributed by atoms with Crippen LogP contribution in [0.15, 0.2) is 22.7 Å². The molecule has 2 rings (SSSR count). The molecule has 0 spiro atoms. The topological polar surface area (TPSA) is 53.1 Å². The Balaban J connectivity index is 2.05. The third kappa shape index (κ3) is 3.72. The molecule has 1 saturated carbocycles. The van der Waals surface area contributed by atoms with Crippen LogP contribution in [0.4, 0.5) is 5.69 Å². The van der Waals surface area contributed by atoms with Crippen molar-refractivity contribution < 1.29 is 0 Å². The van der Waals surface area contributed by atoms with Gasteiger partial charge in [0.25, 0.3) is 0 Å². The summed E-state index contributed by atoms with van der Waals surface area (Å²) >= 11 is 3.59. The van der Waals surface area contributed by atoms with Crippen molar-refractivity contribution >= 4 is 27.5 Å². The highest BCUT2D eigenvalue weighted by Gasteiger charge is 2.17. The molecule has 0 aromatic heterocycles. The van der Waals surface area contributed by atoms with E-state index in [1.165, 1.54) is 37.8 Å². The third-order valence-corrected chi connectivity index (χ3v) is 4.56. The van der Waals surface area contributed by atoms with Gasteiger partial charge >= 0.3 is 0 Å². The zero-order valence-corrected chi connectivity index (χ0v) is 13.0. The molecule has 1 fully saturated rings. The summed E-state index contributed by atoms with van der Waals surface area (Å²) in [4.78, 5) is 2.31. The summed E-state index contributed by atoms with van der Waals surface area (Å²) in [7, 11) is 2.14. The van der Waals surface area contributed by atoms with E-state index in [2.05, 4.69) is 27.9 Å². The van der Waals surface area contributed by atoms with E-state index >= 15 is 0 Å². The van der Waals surface area contributed by atoms with Gasteiger partial charge in [-0.15, -0.1) is 0 Å². The van der Waals surface area contributed by atoms with Gasteiger partial charge in [0.05, 0.1) is 5.69 Å². The van der Waals surface area contributed by atoms with Crippen molar-refractivity contribution in [2.75, 3.05) is 18.5 Å². The molecular weight excluding hydrogens is 302 g/mol. The standard InChI is InChI=1S/C15H22BrN3/c1-19(10-11-5-3-2-4-6-11)14-8-7-12(15(17)18)9-13(14)16/h7-9,11H,2-6,10H2,1H3,(H3,17,18). The Morgan fingerprint density at radius 1 is 1.37 bits per heavy atom. The molecule has 3 nitrogen and oxygen atoms in total. The first-order chi connectivity index (χ1) is 9.08. The minimum absolute atomic E-state index is 0.113. The first-order valence-electron chi connectivity index (χ1n) is 6.93.